The standard InChI is InChI=1S/C30H27F5O/c1-2-3-4-5-6-7-20-8-15-26-22(18-20)12-17-27(29(26)32)23-11-16-25(28(31)19-23)21-9-13-24(14-10-21)36-30(33,34)35/h8-19H,2-7H2,1H3. The molecule has 4 aromatic carbocycles. The molecule has 0 aliphatic carbocycles. The number of alkyl halides is 3. The Bertz CT molecular complexity index is 1330. The fraction of sp³-hybridized carbons (Fsp3) is 0.267. The first-order chi connectivity index (χ1) is 17.2. The molecule has 6 heteroatoms. The van der Waals surface area contributed by atoms with Gasteiger partial charge in [-0.1, -0.05) is 87.2 Å². The largest absolute Gasteiger partial charge is 0.573 e. The van der Waals surface area contributed by atoms with Gasteiger partial charge in [-0.2, -0.15) is 0 Å². The third-order valence-corrected chi connectivity index (χ3v) is 6.27. The van der Waals surface area contributed by atoms with Crippen molar-refractivity contribution in [2.75, 3.05) is 0 Å². The van der Waals surface area contributed by atoms with Crippen molar-refractivity contribution in [1.29, 1.82) is 0 Å². The SMILES string of the molecule is CCCCCCCc1ccc2c(F)c(-c3ccc(-c4ccc(OC(F)(F)F)cc4)c(F)c3)ccc2c1. The molecule has 0 radical (unpaired) electrons. The molecule has 0 spiro atoms. The Labute approximate surface area is 207 Å². The predicted octanol–water partition coefficient (Wildman–Crippen LogP) is 9.86. The van der Waals surface area contributed by atoms with Gasteiger partial charge in [0, 0.05) is 16.5 Å². The average Bonchev–Trinajstić information content (AvgIpc) is 2.84. The van der Waals surface area contributed by atoms with Gasteiger partial charge in [-0.15, -0.1) is 13.2 Å². The van der Waals surface area contributed by atoms with Crippen molar-refractivity contribution in [2.24, 2.45) is 0 Å². The maximum Gasteiger partial charge on any atom is 0.573 e. The molecule has 0 saturated heterocycles. The van der Waals surface area contributed by atoms with Gasteiger partial charge in [-0.3, -0.25) is 0 Å². The Morgan fingerprint density at radius 2 is 1.39 bits per heavy atom. The van der Waals surface area contributed by atoms with E-state index in [4.69, 9.17) is 0 Å². The van der Waals surface area contributed by atoms with Gasteiger partial charge < -0.3 is 4.74 Å². The molecule has 0 atom stereocenters. The fourth-order valence-corrected chi connectivity index (χ4v) is 4.41. The highest BCUT2D eigenvalue weighted by molar-refractivity contribution is 5.89. The summed E-state index contributed by atoms with van der Waals surface area (Å²) < 4.78 is 71.3. The highest BCUT2D eigenvalue weighted by atomic mass is 19.4. The molecule has 188 valence electrons. The van der Waals surface area contributed by atoms with Crippen molar-refractivity contribution < 1.29 is 26.7 Å². The number of aryl methyl sites for hydroxylation is 1. The number of unbranched alkanes of at least 4 members (excludes halogenated alkanes) is 4. The van der Waals surface area contributed by atoms with E-state index in [0.717, 1.165) is 30.4 Å². The van der Waals surface area contributed by atoms with Crippen molar-refractivity contribution in [3.8, 4) is 28.0 Å². The smallest absolute Gasteiger partial charge is 0.406 e. The molecule has 0 heterocycles. The number of hydrogen-bond acceptors (Lipinski definition) is 1. The van der Waals surface area contributed by atoms with E-state index in [2.05, 4.69) is 11.7 Å². The molecule has 4 rings (SSSR count). The zero-order chi connectivity index (χ0) is 25.7. The maximum atomic E-state index is 15.4. The van der Waals surface area contributed by atoms with E-state index in [-0.39, 0.29) is 16.9 Å². The topological polar surface area (TPSA) is 9.23 Å². The van der Waals surface area contributed by atoms with Crippen molar-refractivity contribution in [3.63, 3.8) is 0 Å². The molecule has 0 aliphatic heterocycles. The summed E-state index contributed by atoms with van der Waals surface area (Å²) in [6, 6.07) is 18.5. The quantitative estimate of drug-likeness (QED) is 0.165. The van der Waals surface area contributed by atoms with Crippen LogP contribution in [0.4, 0.5) is 22.0 Å². The molecule has 0 aliphatic rings. The van der Waals surface area contributed by atoms with E-state index in [1.165, 1.54) is 55.5 Å². The first kappa shape index (κ1) is 25.7. The predicted molar refractivity (Wildman–Crippen MR) is 134 cm³/mol. The zero-order valence-electron chi connectivity index (χ0n) is 20.0. The van der Waals surface area contributed by atoms with Gasteiger partial charge in [-0.05, 0) is 53.1 Å². The Morgan fingerprint density at radius 3 is 2.08 bits per heavy atom. The van der Waals surface area contributed by atoms with Crippen LogP contribution in [0.1, 0.15) is 44.6 Å². The van der Waals surface area contributed by atoms with Gasteiger partial charge in [0.15, 0.2) is 0 Å². The van der Waals surface area contributed by atoms with Crippen LogP contribution in [0.3, 0.4) is 0 Å². The molecular formula is C30H27F5O. The third kappa shape index (κ3) is 6.23. The van der Waals surface area contributed by atoms with Crippen LogP contribution >= 0.6 is 0 Å². The second kappa shape index (κ2) is 11.1. The number of halogens is 5. The number of benzene rings is 4. The molecule has 1 nitrogen and oxygen atoms in total. The lowest BCUT2D eigenvalue weighted by molar-refractivity contribution is -0.274. The fourth-order valence-electron chi connectivity index (χ4n) is 4.41. The lowest BCUT2D eigenvalue weighted by Gasteiger charge is -2.12. The molecule has 4 aromatic rings. The Kier molecular flexibility index (Phi) is 7.92. The minimum absolute atomic E-state index is 0.196. The summed E-state index contributed by atoms with van der Waals surface area (Å²) in [4.78, 5) is 0. The number of hydrogen-bond donors (Lipinski definition) is 0. The molecule has 0 aromatic heterocycles. The lowest BCUT2D eigenvalue weighted by Crippen LogP contribution is -2.16. The Balaban J connectivity index is 1.53. The van der Waals surface area contributed by atoms with Crippen LogP contribution in [-0.4, -0.2) is 6.36 Å². The van der Waals surface area contributed by atoms with Crippen LogP contribution in [-0.2, 0) is 6.42 Å². The Hall–Kier alpha value is -3.41. The van der Waals surface area contributed by atoms with Crippen molar-refractivity contribution in [2.45, 2.75) is 51.8 Å². The number of rotatable bonds is 9. The second-order valence-electron chi connectivity index (χ2n) is 8.91. The molecule has 0 fully saturated rings. The zero-order valence-corrected chi connectivity index (χ0v) is 20.0. The summed E-state index contributed by atoms with van der Waals surface area (Å²) in [6.07, 6.45) is 2.14. The summed E-state index contributed by atoms with van der Waals surface area (Å²) in [5.74, 6) is -1.40. The minimum atomic E-state index is -4.80. The van der Waals surface area contributed by atoms with E-state index in [1.54, 1.807) is 18.2 Å². The van der Waals surface area contributed by atoms with Crippen molar-refractivity contribution in [3.05, 3.63) is 90.0 Å². The summed E-state index contributed by atoms with van der Waals surface area (Å²) in [7, 11) is 0. The highest BCUT2D eigenvalue weighted by Gasteiger charge is 2.31. The third-order valence-electron chi connectivity index (χ3n) is 6.27. The van der Waals surface area contributed by atoms with Crippen molar-refractivity contribution >= 4 is 10.8 Å². The maximum absolute atomic E-state index is 15.4. The minimum Gasteiger partial charge on any atom is -0.406 e. The summed E-state index contributed by atoms with van der Waals surface area (Å²) in [6.45, 7) is 2.19. The van der Waals surface area contributed by atoms with Crippen LogP contribution < -0.4 is 4.74 Å². The van der Waals surface area contributed by atoms with E-state index < -0.39 is 18.0 Å². The molecule has 36 heavy (non-hydrogen) atoms. The number of ether oxygens (including phenoxy) is 1. The molecular weight excluding hydrogens is 471 g/mol. The van der Waals surface area contributed by atoms with Gasteiger partial charge in [0.1, 0.15) is 17.4 Å². The summed E-state index contributed by atoms with van der Waals surface area (Å²) >= 11 is 0. The highest BCUT2D eigenvalue weighted by Crippen LogP contribution is 2.34. The normalized spacial score (nSPS) is 11.7. The van der Waals surface area contributed by atoms with Gasteiger partial charge in [0.05, 0.1) is 0 Å². The monoisotopic (exact) mass is 498 g/mol. The van der Waals surface area contributed by atoms with E-state index in [9.17, 15) is 17.6 Å². The van der Waals surface area contributed by atoms with Gasteiger partial charge >= 0.3 is 6.36 Å². The molecule has 0 saturated carbocycles. The summed E-state index contributed by atoms with van der Waals surface area (Å²) in [5.41, 5.74) is 2.42. The first-order valence-corrected chi connectivity index (χ1v) is 12.1. The van der Waals surface area contributed by atoms with Crippen LogP contribution in [0.25, 0.3) is 33.0 Å². The first-order valence-electron chi connectivity index (χ1n) is 12.1. The second-order valence-corrected chi connectivity index (χ2v) is 8.91. The lowest BCUT2D eigenvalue weighted by atomic mass is 9.96. The van der Waals surface area contributed by atoms with Crippen LogP contribution in [0, 0.1) is 11.6 Å². The summed E-state index contributed by atoms with van der Waals surface area (Å²) in [5, 5.41) is 1.28. The molecule has 0 amide bonds. The van der Waals surface area contributed by atoms with Crippen molar-refractivity contribution in [1.82, 2.24) is 0 Å². The molecule has 0 N–H and O–H groups in total. The Morgan fingerprint density at radius 1 is 0.694 bits per heavy atom. The molecule has 0 bridgehead atoms. The van der Waals surface area contributed by atoms with Crippen LogP contribution in [0.5, 0.6) is 5.75 Å². The van der Waals surface area contributed by atoms with E-state index >= 15 is 4.39 Å². The number of fused-ring (bicyclic) bond motifs is 1. The van der Waals surface area contributed by atoms with Gasteiger partial charge in [0.2, 0.25) is 0 Å². The molecule has 0 unspecified atom stereocenters. The average molecular weight is 499 g/mol. The van der Waals surface area contributed by atoms with Crippen LogP contribution in [0.15, 0.2) is 72.8 Å². The van der Waals surface area contributed by atoms with Gasteiger partial charge in [-0.25, -0.2) is 8.78 Å². The van der Waals surface area contributed by atoms with E-state index in [1.807, 2.05) is 18.2 Å². The van der Waals surface area contributed by atoms with Gasteiger partial charge in [0.25, 0.3) is 0 Å². The van der Waals surface area contributed by atoms with Crippen LogP contribution in [0.2, 0.25) is 0 Å². The van der Waals surface area contributed by atoms with E-state index in [0.29, 0.717) is 16.5 Å².